The molecule has 1 spiro atoms. The van der Waals surface area contributed by atoms with Gasteiger partial charge in [-0.25, -0.2) is 4.79 Å². The van der Waals surface area contributed by atoms with E-state index in [-0.39, 0.29) is 17.6 Å². The highest BCUT2D eigenvalue weighted by Crippen LogP contribution is 2.53. The maximum atomic E-state index is 12.7. The van der Waals surface area contributed by atoms with Gasteiger partial charge in [0.2, 0.25) is 5.91 Å². The molecule has 3 amide bonds. The number of likely N-dealkylation sites (tertiary alicyclic amines) is 1. The molecule has 2 aliphatic heterocycles. The van der Waals surface area contributed by atoms with Crippen LogP contribution >= 0.6 is 0 Å². The molecule has 0 radical (unpaired) electrons. The van der Waals surface area contributed by atoms with Crippen LogP contribution < -0.4 is 11.1 Å². The first-order valence-corrected chi connectivity index (χ1v) is 7.59. The Labute approximate surface area is 118 Å². The van der Waals surface area contributed by atoms with E-state index < -0.39 is 11.6 Å². The molecule has 4 rings (SSSR count). The Bertz CT molecular complexity index is 464. The van der Waals surface area contributed by atoms with Gasteiger partial charge in [0.15, 0.2) is 0 Å². The molecule has 2 saturated carbocycles. The Morgan fingerprint density at radius 3 is 2.50 bits per heavy atom. The van der Waals surface area contributed by atoms with E-state index in [1.54, 1.807) is 0 Å². The zero-order chi connectivity index (χ0) is 14.0. The summed E-state index contributed by atoms with van der Waals surface area (Å²) in [6, 6.07) is -0.379. The summed E-state index contributed by atoms with van der Waals surface area (Å²) in [5.74, 6) is 0.643. The third-order valence-electron chi connectivity index (χ3n) is 5.30. The Morgan fingerprint density at radius 1 is 1.25 bits per heavy atom. The third-order valence-corrected chi connectivity index (χ3v) is 5.30. The molecule has 2 heterocycles. The largest absolute Gasteiger partial charge is 0.371 e. The summed E-state index contributed by atoms with van der Waals surface area (Å²) in [5.41, 5.74) is 4.40. The van der Waals surface area contributed by atoms with Crippen molar-refractivity contribution in [2.24, 2.45) is 11.7 Å². The summed E-state index contributed by atoms with van der Waals surface area (Å²) in [6.07, 6.45) is 5.95. The van der Waals surface area contributed by atoms with Crippen molar-refractivity contribution in [2.75, 3.05) is 13.2 Å². The van der Waals surface area contributed by atoms with Crippen molar-refractivity contribution in [3.63, 3.8) is 0 Å². The summed E-state index contributed by atoms with van der Waals surface area (Å²) in [4.78, 5) is 25.8. The van der Waals surface area contributed by atoms with Gasteiger partial charge in [0.25, 0.3) is 0 Å². The van der Waals surface area contributed by atoms with E-state index in [1.807, 2.05) is 4.90 Å². The standard InChI is InChI=1S/C14H21N3O3/c15-12(19)16-13(5-6-13)11(18)17-8-14(4-1-7-20-14)10(17)9-2-3-9/h9-10H,1-8H2,(H3,15,16,19). The highest BCUT2D eigenvalue weighted by molar-refractivity contribution is 5.94. The number of primary amides is 1. The fraction of sp³-hybridized carbons (Fsp3) is 0.857. The molecule has 2 atom stereocenters. The van der Waals surface area contributed by atoms with Gasteiger partial charge in [-0.05, 0) is 44.4 Å². The zero-order valence-corrected chi connectivity index (χ0v) is 11.6. The number of ether oxygens (including phenoxy) is 1. The zero-order valence-electron chi connectivity index (χ0n) is 11.6. The van der Waals surface area contributed by atoms with Crippen molar-refractivity contribution in [2.45, 2.75) is 55.7 Å². The van der Waals surface area contributed by atoms with E-state index in [9.17, 15) is 9.59 Å². The molecule has 0 bridgehead atoms. The third kappa shape index (κ3) is 1.67. The van der Waals surface area contributed by atoms with Gasteiger partial charge >= 0.3 is 6.03 Å². The van der Waals surface area contributed by atoms with Crippen molar-refractivity contribution in [3.8, 4) is 0 Å². The van der Waals surface area contributed by atoms with E-state index in [1.165, 1.54) is 12.8 Å². The lowest BCUT2D eigenvalue weighted by Gasteiger charge is -2.56. The fourth-order valence-corrected chi connectivity index (χ4v) is 4.05. The first-order valence-electron chi connectivity index (χ1n) is 7.59. The minimum absolute atomic E-state index is 0.0503. The number of nitrogens with one attached hydrogen (secondary N) is 1. The van der Waals surface area contributed by atoms with Gasteiger partial charge in [0, 0.05) is 6.61 Å². The Balaban J connectivity index is 1.51. The SMILES string of the molecule is NC(=O)NC1(C(=O)N2CC3(CCCO3)C2C2CC2)CC1. The molecule has 0 aromatic rings. The van der Waals surface area contributed by atoms with Crippen LogP contribution in [0.4, 0.5) is 4.79 Å². The van der Waals surface area contributed by atoms with Gasteiger partial charge in [-0.1, -0.05) is 0 Å². The quantitative estimate of drug-likeness (QED) is 0.782. The van der Waals surface area contributed by atoms with Crippen LogP contribution in [-0.4, -0.2) is 47.2 Å². The van der Waals surface area contributed by atoms with Crippen molar-refractivity contribution >= 4 is 11.9 Å². The van der Waals surface area contributed by atoms with E-state index in [0.29, 0.717) is 25.3 Å². The molecule has 2 unspecified atom stereocenters. The van der Waals surface area contributed by atoms with Crippen LogP contribution in [0.15, 0.2) is 0 Å². The maximum absolute atomic E-state index is 12.7. The Hall–Kier alpha value is -1.30. The molecular weight excluding hydrogens is 258 g/mol. The number of carbonyl (C=O) groups is 2. The summed E-state index contributed by atoms with van der Waals surface area (Å²) in [5, 5.41) is 2.64. The number of amides is 3. The predicted octanol–water partition coefficient (Wildman–Crippen LogP) is 0.357. The van der Waals surface area contributed by atoms with Crippen LogP contribution in [0.3, 0.4) is 0 Å². The van der Waals surface area contributed by atoms with Crippen LogP contribution in [-0.2, 0) is 9.53 Å². The van der Waals surface area contributed by atoms with Crippen molar-refractivity contribution in [1.82, 2.24) is 10.2 Å². The van der Waals surface area contributed by atoms with Gasteiger partial charge in [0.1, 0.15) is 11.1 Å². The summed E-state index contributed by atoms with van der Waals surface area (Å²) in [6.45, 7) is 1.51. The second-order valence-corrected chi connectivity index (χ2v) is 6.80. The molecule has 3 N–H and O–H groups in total. The molecular formula is C14H21N3O3. The van der Waals surface area contributed by atoms with Gasteiger partial charge in [-0.3, -0.25) is 4.79 Å². The average molecular weight is 279 g/mol. The first-order chi connectivity index (χ1) is 9.56. The summed E-state index contributed by atoms with van der Waals surface area (Å²) >= 11 is 0. The van der Waals surface area contributed by atoms with Gasteiger partial charge in [0.05, 0.1) is 12.6 Å². The minimum Gasteiger partial charge on any atom is -0.371 e. The van der Waals surface area contributed by atoms with Crippen molar-refractivity contribution in [1.29, 1.82) is 0 Å². The number of urea groups is 1. The number of hydrogen-bond acceptors (Lipinski definition) is 3. The number of hydrogen-bond donors (Lipinski definition) is 2. The van der Waals surface area contributed by atoms with Gasteiger partial charge in [-0.2, -0.15) is 0 Å². The van der Waals surface area contributed by atoms with Crippen LogP contribution in [0.2, 0.25) is 0 Å². The molecule has 6 nitrogen and oxygen atoms in total. The highest BCUT2D eigenvalue weighted by atomic mass is 16.5. The van der Waals surface area contributed by atoms with E-state index in [0.717, 1.165) is 19.4 Å². The summed E-state index contributed by atoms with van der Waals surface area (Å²) < 4.78 is 5.98. The van der Waals surface area contributed by atoms with Gasteiger partial charge in [-0.15, -0.1) is 0 Å². The second kappa shape index (κ2) is 3.87. The van der Waals surface area contributed by atoms with Crippen LogP contribution in [0.5, 0.6) is 0 Å². The monoisotopic (exact) mass is 279 g/mol. The fourth-order valence-electron chi connectivity index (χ4n) is 4.05. The van der Waals surface area contributed by atoms with Crippen molar-refractivity contribution in [3.05, 3.63) is 0 Å². The predicted molar refractivity (Wildman–Crippen MR) is 70.8 cm³/mol. The molecule has 0 aromatic carbocycles. The lowest BCUT2D eigenvalue weighted by molar-refractivity contribution is -0.187. The Morgan fingerprint density at radius 2 is 2.00 bits per heavy atom. The minimum atomic E-state index is -0.709. The maximum Gasteiger partial charge on any atom is 0.313 e. The normalized spacial score (nSPS) is 37.6. The molecule has 6 heteroatoms. The number of carbonyl (C=O) groups excluding carboxylic acids is 2. The average Bonchev–Trinajstić information content (AvgIpc) is 3.28. The lowest BCUT2D eigenvalue weighted by Crippen LogP contribution is -2.74. The topological polar surface area (TPSA) is 84.7 Å². The molecule has 4 aliphatic rings. The first kappa shape index (κ1) is 12.4. The van der Waals surface area contributed by atoms with Crippen LogP contribution in [0.25, 0.3) is 0 Å². The number of rotatable bonds is 3. The van der Waals surface area contributed by atoms with Crippen LogP contribution in [0.1, 0.15) is 38.5 Å². The van der Waals surface area contributed by atoms with E-state index >= 15 is 0 Å². The van der Waals surface area contributed by atoms with Gasteiger partial charge < -0.3 is 20.7 Å². The Kier molecular flexibility index (Phi) is 2.41. The number of nitrogens with zero attached hydrogens (tertiary/aromatic N) is 1. The second-order valence-electron chi connectivity index (χ2n) is 6.80. The van der Waals surface area contributed by atoms with E-state index in [4.69, 9.17) is 10.5 Å². The molecule has 20 heavy (non-hydrogen) atoms. The molecule has 2 saturated heterocycles. The number of nitrogens with two attached hydrogens (primary N) is 1. The van der Waals surface area contributed by atoms with E-state index in [2.05, 4.69) is 5.32 Å². The van der Waals surface area contributed by atoms with Crippen LogP contribution in [0, 0.1) is 5.92 Å². The summed E-state index contributed by atoms with van der Waals surface area (Å²) in [7, 11) is 0. The molecule has 4 fully saturated rings. The molecule has 0 aromatic heterocycles. The smallest absolute Gasteiger partial charge is 0.313 e. The lowest BCUT2D eigenvalue weighted by atomic mass is 9.77. The highest BCUT2D eigenvalue weighted by Gasteiger charge is 2.65. The van der Waals surface area contributed by atoms with Crippen molar-refractivity contribution < 1.29 is 14.3 Å². The molecule has 110 valence electrons. The molecule has 2 aliphatic carbocycles.